The van der Waals surface area contributed by atoms with Gasteiger partial charge in [0.1, 0.15) is 0 Å². The van der Waals surface area contributed by atoms with Crippen LogP contribution in [0.2, 0.25) is 0 Å². The predicted octanol–water partition coefficient (Wildman–Crippen LogP) is 3.92. The van der Waals surface area contributed by atoms with Crippen LogP contribution >= 0.6 is 0 Å². The van der Waals surface area contributed by atoms with Crippen LogP contribution in [0.4, 0.5) is 4.39 Å². The summed E-state index contributed by atoms with van der Waals surface area (Å²) in [5.74, 6) is -0.0138. The molecule has 1 aromatic carbocycles. The van der Waals surface area contributed by atoms with Gasteiger partial charge in [0.15, 0.2) is 11.6 Å². The van der Waals surface area contributed by atoms with Gasteiger partial charge in [0.2, 0.25) is 0 Å². The van der Waals surface area contributed by atoms with Crippen molar-refractivity contribution in [3.05, 3.63) is 29.6 Å². The van der Waals surface area contributed by atoms with Gasteiger partial charge in [-0.1, -0.05) is 26.8 Å². The lowest BCUT2D eigenvalue weighted by atomic mass is 9.92. The summed E-state index contributed by atoms with van der Waals surface area (Å²) in [4.78, 5) is 0. The van der Waals surface area contributed by atoms with E-state index in [4.69, 9.17) is 4.74 Å². The Balaban J connectivity index is 2.56. The highest BCUT2D eigenvalue weighted by atomic mass is 19.1. The van der Waals surface area contributed by atoms with E-state index in [1.54, 1.807) is 6.07 Å². The summed E-state index contributed by atoms with van der Waals surface area (Å²) in [6.07, 6.45) is 1.09. The molecule has 0 bridgehead atoms. The largest absolute Gasteiger partial charge is 0.494 e. The van der Waals surface area contributed by atoms with Crippen molar-refractivity contribution < 1.29 is 9.13 Å². The zero-order valence-electron chi connectivity index (χ0n) is 12.0. The van der Waals surface area contributed by atoms with Gasteiger partial charge in [-0.3, -0.25) is 0 Å². The summed E-state index contributed by atoms with van der Waals surface area (Å²) in [6.45, 7) is 9.62. The van der Waals surface area contributed by atoms with Crippen LogP contribution < -0.4 is 10.1 Å². The summed E-state index contributed by atoms with van der Waals surface area (Å²) in [6, 6.07) is 5.25. The summed E-state index contributed by atoms with van der Waals surface area (Å²) in [5, 5.41) is 3.41. The van der Waals surface area contributed by atoms with Crippen LogP contribution in [0.3, 0.4) is 0 Å². The second-order valence-electron chi connectivity index (χ2n) is 5.88. The number of rotatable bonds is 5. The molecule has 102 valence electrons. The second-order valence-corrected chi connectivity index (χ2v) is 5.88. The summed E-state index contributed by atoms with van der Waals surface area (Å²) >= 11 is 0. The zero-order valence-corrected chi connectivity index (χ0v) is 12.0. The third-order valence-corrected chi connectivity index (χ3v) is 3.00. The van der Waals surface area contributed by atoms with Crippen molar-refractivity contribution in [1.29, 1.82) is 0 Å². The van der Waals surface area contributed by atoms with Crippen LogP contribution in [0.5, 0.6) is 5.75 Å². The number of hydrogen-bond acceptors (Lipinski definition) is 2. The van der Waals surface area contributed by atoms with E-state index in [0.29, 0.717) is 11.2 Å². The summed E-state index contributed by atoms with van der Waals surface area (Å²) < 4.78 is 18.5. The number of halogens is 1. The monoisotopic (exact) mass is 253 g/mol. The number of methoxy groups -OCH3 is 1. The molecule has 0 radical (unpaired) electrons. The minimum atomic E-state index is -0.306. The molecule has 0 aliphatic heterocycles. The molecule has 1 rings (SSSR count). The van der Waals surface area contributed by atoms with E-state index in [0.717, 1.165) is 18.5 Å². The molecule has 0 saturated heterocycles. The van der Waals surface area contributed by atoms with Gasteiger partial charge in [0, 0.05) is 6.04 Å². The highest BCUT2D eigenvalue weighted by molar-refractivity contribution is 5.30. The average molecular weight is 253 g/mol. The smallest absolute Gasteiger partial charge is 0.165 e. The lowest BCUT2D eigenvalue weighted by Crippen LogP contribution is -2.23. The first-order valence-corrected chi connectivity index (χ1v) is 6.40. The number of hydrogen-bond donors (Lipinski definition) is 1. The first-order valence-electron chi connectivity index (χ1n) is 6.40. The molecule has 18 heavy (non-hydrogen) atoms. The molecule has 1 unspecified atom stereocenters. The van der Waals surface area contributed by atoms with Gasteiger partial charge in [-0.2, -0.15) is 0 Å². The van der Waals surface area contributed by atoms with Crippen molar-refractivity contribution in [2.75, 3.05) is 13.7 Å². The van der Waals surface area contributed by atoms with Crippen molar-refractivity contribution in [2.24, 2.45) is 5.41 Å². The Morgan fingerprint density at radius 1 is 1.33 bits per heavy atom. The lowest BCUT2D eigenvalue weighted by Gasteiger charge is -2.21. The highest BCUT2D eigenvalue weighted by Gasteiger charge is 2.12. The SMILES string of the molecule is COc1ccc(C(C)NCCC(C)(C)C)cc1F. The summed E-state index contributed by atoms with van der Waals surface area (Å²) in [5.41, 5.74) is 1.26. The van der Waals surface area contributed by atoms with Gasteiger partial charge < -0.3 is 10.1 Å². The van der Waals surface area contributed by atoms with E-state index >= 15 is 0 Å². The Morgan fingerprint density at radius 2 is 2.00 bits per heavy atom. The molecule has 0 aliphatic rings. The van der Waals surface area contributed by atoms with Crippen LogP contribution in [0, 0.1) is 11.2 Å². The maximum Gasteiger partial charge on any atom is 0.165 e. The quantitative estimate of drug-likeness (QED) is 0.858. The van der Waals surface area contributed by atoms with Gasteiger partial charge in [-0.25, -0.2) is 4.39 Å². The van der Waals surface area contributed by atoms with Crippen molar-refractivity contribution in [2.45, 2.75) is 40.2 Å². The van der Waals surface area contributed by atoms with Crippen molar-refractivity contribution in [3.63, 3.8) is 0 Å². The Bertz CT molecular complexity index is 385. The molecule has 1 atom stereocenters. The third-order valence-electron chi connectivity index (χ3n) is 3.00. The Labute approximate surface area is 110 Å². The molecular weight excluding hydrogens is 229 g/mol. The minimum absolute atomic E-state index is 0.146. The maximum absolute atomic E-state index is 13.6. The van der Waals surface area contributed by atoms with Gasteiger partial charge in [-0.05, 0) is 43.0 Å². The first-order chi connectivity index (χ1) is 8.33. The van der Waals surface area contributed by atoms with E-state index in [9.17, 15) is 4.39 Å². The third kappa shape index (κ3) is 4.65. The van der Waals surface area contributed by atoms with E-state index in [1.807, 2.05) is 13.0 Å². The van der Waals surface area contributed by atoms with Gasteiger partial charge >= 0.3 is 0 Å². The standard InChI is InChI=1S/C15H24FNO/c1-11(17-9-8-15(2,3)4)12-6-7-14(18-5)13(16)10-12/h6-7,10-11,17H,8-9H2,1-5H3. The van der Waals surface area contributed by atoms with Crippen LogP contribution in [0.25, 0.3) is 0 Å². The molecular formula is C15H24FNO. The molecule has 3 heteroatoms. The van der Waals surface area contributed by atoms with Gasteiger partial charge in [0.25, 0.3) is 0 Å². The molecule has 0 aromatic heterocycles. The number of benzene rings is 1. The Kier molecular flexibility index (Phi) is 5.15. The number of ether oxygens (including phenoxy) is 1. The predicted molar refractivity (Wildman–Crippen MR) is 73.4 cm³/mol. The van der Waals surface area contributed by atoms with Crippen molar-refractivity contribution in [1.82, 2.24) is 5.32 Å². The molecule has 0 spiro atoms. The molecule has 0 fully saturated rings. The Hall–Kier alpha value is -1.09. The fourth-order valence-corrected chi connectivity index (χ4v) is 1.73. The van der Waals surface area contributed by atoms with Crippen LogP contribution in [0.15, 0.2) is 18.2 Å². The highest BCUT2D eigenvalue weighted by Crippen LogP contribution is 2.22. The molecule has 1 N–H and O–H groups in total. The van der Waals surface area contributed by atoms with Crippen LogP contribution in [-0.4, -0.2) is 13.7 Å². The topological polar surface area (TPSA) is 21.3 Å². The van der Waals surface area contributed by atoms with E-state index in [2.05, 4.69) is 26.1 Å². The average Bonchev–Trinajstić information content (AvgIpc) is 2.27. The van der Waals surface area contributed by atoms with E-state index in [-0.39, 0.29) is 11.9 Å². The van der Waals surface area contributed by atoms with Crippen molar-refractivity contribution >= 4 is 0 Å². The van der Waals surface area contributed by atoms with Gasteiger partial charge in [0.05, 0.1) is 7.11 Å². The molecule has 1 aromatic rings. The zero-order chi connectivity index (χ0) is 13.8. The second kappa shape index (κ2) is 6.19. The fourth-order valence-electron chi connectivity index (χ4n) is 1.73. The lowest BCUT2D eigenvalue weighted by molar-refractivity contribution is 0.357. The first kappa shape index (κ1) is 15.0. The van der Waals surface area contributed by atoms with Crippen LogP contribution in [0.1, 0.15) is 45.7 Å². The normalized spacial score (nSPS) is 13.4. The molecule has 2 nitrogen and oxygen atoms in total. The van der Waals surface area contributed by atoms with Crippen LogP contribution in [-0.2, 0) is 0 Å². The Morgan fingerprint density at radius 3 is 2.50 bits per heavy atom. The fraction of sp³-hybridized carbons (Fsp3) is 0.600. The van der Waals surface area contributed by atoms with E-state index < -0.39 is 0 Å². The minimum Gasteiger partial charge on any atom is -0.494 e. The molecule has 0 saturated carbocycles. The van der Waals surface area contributed by atoms with E-state index in [1.165, 1.54) is 13.2 Å². The van der Waals surface area contributed by atoms with Crippen molar-refractivity contribution in [3.8, 4) is 5.75 Å². The van der Waals surface area contributed by atoms with Gasteiger partial charge in [-0.15, -0.1) is 0 Å². The molecule has 0 aliphatic carbocycles. The number of nitrogens with one attached hydrogen (secondary N) is 1. The summed E-state index contributed by atoms with van der Waals surface area (Å²) in [7, 11) is 1.48. The molecule has 0 amide bonds. The maximum atomic E-state index is 13.6. The molecule has 0 heterocycles.